The van der Waals surface area contributed by atoms with E-state index in [1.54, 1.807) is 24.4 Å². The standard InChI is InChI=1S/C22H20Cl2N4O3/c1-2-17-20(24)26-13-27-21(17)30-15-5-6-19(14(10-15)12-29)28-9-7-16(11-28)31-22-18(23)4-3-8-25-22/h3-6,8,10,12-13,16H,2,7,9,11H2,1H3/t16-/m0/s1. The van der Waals surface area contributed by atoms with Gasteiger partial charge in [-0.2, -0.15) is 0 Å². The Morgan fingerprint density at radius 2 is 2.06 bits per heavy atom. The van der Waals surface area contributed by atoms with Crippen LogP contribution in [0.15, 0.2) is 42.9 Å². The number of benzene rings is 1. The smallest absolute Gasteiger partial charge is 0.232 e. The summed E-state index contributed by atoms with van der Waals surface area (Å²) in [6.07, 6.45) is 5.17. The number of halogens is 2. The van der Waals surface area contributed by atoms with Gasteiger partial charge >= 0.3 is 0 Å². The van der Waals surface area contributed by atoms with Crippen LogP contribution in [0.2, 0.25) is 10.2 Å². The van der Waals surface area contributed by atoms with E-state index in [1.165, 1.54) is 6.33 Å². The van der Waals surface area contributed by atoms with Gasteiger partial charge in [-0.1, -0.05) is 30.1 Å². The molecule has 3 aromatic rings. The number of nitrogens with zero attached hydrogens (tertiary/aromatic N) is 4. The van der Waals surface area contributed by atoms with Crippen LogP contribution in [0.4, 0.5) is 5.69 Å². The zero-order valence-electron chi connectivity index (χ0n) is 16.8. The minimum absolute atomic E-state index is 0.0712. The van der Waals surface area contributed by atoms with Crippen molar-refractivity contribution in [1.82, 2.24) is 15.0 Å². The van der Waals surface area contributed by atoms with Crippen LogP contribution in [-0.4, -0.2) is 40.4 Å². The van der Waals surface area contributed by atoms with Gasteiger partial charge in [0.1, 0.15) is 28.4 Å². The Bertz CT molecular complexity index is 1100. The number of carbonyl (C=O) groups is 1. The van der Waals surface area contributed by atoms with Crippen molar-refractivity contribution < 1.29 is 14.3 Å². The minimum atomic E-state index is -0.0712. The van der Waals surface area contributed by atoms with Gasteiger partial charge in [0.05, 0.1) is 12.1 Å². The van der Waals surface area contributed by atoms with Gasteiger partial charge in [0.25, 0.3) is 0 Å². The van der Waals surface area contributed by atoms with Gasteiger partial charge < -0.3 is 14.4 Å². The molecule has 0 amide bonds. The third-order valence-electron chi connectivity index (χ3n) is 5.04. The highest BCUT2D eigenvalue weighted by Gasteiger charge is 2.27. The van der Waals surface area contributed by atoms with Gasteiger partial charge in [0.2, 0.25) is 11.8 Å². The van der Waals surface area contributed by atoms with E-state index in [1.807, 2.05) is 19.1 Å². The maximum Gasteiger partial charge on any atom is 0.232 e. The molecule has 1 aliphatic rings. The molecule has 1 atom stereocenters. The van der Waals surface area contributed by atoms with Crippen LogP contribution in [0.1, 0.15) is 29.3 Å². The van der Waals surface area contributed by atoms with E-state index in [0.717, 1.165) is 24.9 Å². The number of carbonyl (C=O) groups excluding carboxylic acids is 1. The van der Waals surface area contributed by atoms with Gasteiger partial charge in [-0.3, -0.25) is 4.79 Å². The largest absolute Gasteiger partial charge is 0.471 e. The molecular formula is C22H20Cl2N4O3. The van der Waals surface area contributed by atoms with Crippen molar-refractivity contribution in [1.29, 1.82) is 0 Å². The first kappa shape index (κ1) is 21.3. The predicted octanol–water partition coefficient (Wildman–Crippen LogP) is 5.00. The van der Waals surface area contributed by atoms with E-state index in [0.29, 0.717) is 51.8 Å². The molecule has 4 rings (SSSR count). The lowest BCUT2D eigenvalue weighted by Gasteiger charge is -2.21. The Labute approximate surface area is 190 Å². The second kappa shape index (κ2) is 9.49. The van der Waals surface area contributed by atoms with E-state index in [-0.39, 0.29) is 6.10 Å². The summed E-state index contributed by atoms with van der Waals surface area (Å²) in [5.74, 6) is 1.31. The highest BCUT2D eigenvalue weighted by atomic mass is 35.5. The van der Waals surface area contributed by atoms with Crippen LogP contribution in [-0.2, 0) is 6.42 Å². The van der Waals surface area contributed by atoms with Crippen LogP contribution >= 0.6 is 23.2 Å². The van der Waals surface area contributed by atoms with E-state index >= 15 is 0 Å². The average molecular weight is 459 g/mol. The van der Waals surface area contributed by atoms with Crippen molar-refractivity contribution >= 4 is 35.2 Å². The third-order valence-corrected chi connectivity index (χ3v) is 5.65. The normalized spacial score (nSPS) is 15.7. The van der Waals surface area contributed by atoms with Crippen LogP contribution in [0.5, 0.6) is 17.5 Å². The SMILES string of the molecule is CCc1c(Cl)ncnc1Oc1ccc(N2CC[C@H](Oc3ncccc3Cl)C2)c(C=O)c1. The zero-order valence-corrected chi connectivity index (χ0v) is 18.3. The van der Waals surface area contributed by atoms with Crippen LogP contribution < -0.4 is 14.4 Å². The molecule has 1 aliphatic heterocycles. The minimum Gasteiger partial charge on any atom is -0.471 e. The van der Waals surface area contributed by atoms with Crippen LogP contribution in [0.3, 0.4) is 0 Å². The molecule has 0 saturated carbocycles. The van der Waals surface area contributed by atoms with E-state index in [2.05, 4.69) is 19.9 Å². The molecule has 31 heavy (non-hydrogen) atoms. The van der Waals surface area contributed by atoms with Crippen molar-refractivity contribution in [3.63, 3.8) is 0 Å². The molecule has 0 radical (unpaired) electrons. The zero-order chi connectivity index (χ0) is 21.8. The first-order chi connectivity index (χ1) is 15.1. The van der Waals surface area contributed by atoms with E-state index in [9.17, 15) is 4.79 Å². The molecule has 160 valence electrons. The van der Waals surface area contributed by atoms with Crippen molar-refractivity contribution in [2.24, 2.45) is 0 Å². The Hall–Kier alpha value is -2.90. The summed E-state index contributed by atoms with van der Waals surface area (Å²) in [7, 11) is 0. The highest BCUT2D eigenvalue weighted by molar-refractivity contribution is 6.31. The average Bonchev–Trinajstić information content (AvgIpc) is 3.24. The van der Waals surface area contributed by atoms with E-state index < -0.39 is 0 Å². The molecule has 1 fully saturated rings. The Morgan fingerprint density at radius 1 is 1.19 bits per heavy atom. The van der Waals surface area contributed by atoms with Gasteiger partial charge in [-0.15, -0.1) is 0 Å². The molecule has 2 aromatic heterocycles. The summed E-state index contributed by atoms with van der Waals surface area (Å²) in [4.78, 5) is 26.2. The van der Waals surface area contributed by atoms with Crippen LogP contribution in [0, 0.1) is 0 Å². The Morgan fingerprint density at radius 3 is 2.84 bits per heavy atom. The number of pyridine rings is 1. The van der Waals surface area contributed by atoms with Crippen molar-refractivity contribution in [3.8, 4) is 17.5 Å². The van der Waals surface area contributed by atoms with Crippen molar-refractivity contribution in [3.05, 3.63) is 64.2 Å². The maximum atomic E-state index is 11.8. The van der Waals surface area contributed by atoms with Gasteiger partial charge in [0.15, 0.2) is 6.29 Å². The van der Waals surface area contributed by atoms with E-state index in [4.69, 9.17) is 32.7 Å². The fraction of sp³-hybridized carbons (Fsp3) is 0.273. The number of hydrogen-bond donors (Lipinski definition) is 0. The summed E-state index contributed by atoms with van der Waals surface area (Å²) in [6.45, 7) is 3.31. The molecule has 0 spiro atoms. The number of aromatic nitrogens is 3. The quantitative estimate of drug-likeness (QED) is 0.363. The lowest BCUT2D eigenvalue weighted by atomic mass is 10.1. The summed E-state index contributed by atoms with van der Waals surface area (Å²) in [6, 6.07) is 8.87. The summed E-state index contributed by atoms with van der Waals surface area (Å²) < 4.78 is 11.8. The fourth-order valence-electron chi connectivity index (χ4n) is 3.51. The topological polar surface area (TPSA) is 77.4 Å². The molecule has 1 aromatic carbocycles. The number of anilines is 1. The lowest BCUT2D eigenvalue weighted by Crippen LogP contribution is -2.25. The summed E-state index contributed by atoms with van der Waals surface area (Å²) in [5.41, 5.74) is 2.05. The third kappa shape index (κ3) is 4.73. The summed E-state index contributed by atoms with van der Waals surface area (Å²) >= 11 is 12.3. The monoisotopic (exact) mass is 458 g/mol. The summed E-state index contributed by atoms with van der Waals surface area (Å²) in [5, 5.41) is 0.836. The number of rotatable bonds is 7. The molecule has 0 N–H and O–H groups in total. The molecular weight excluding hydrogens is 439 g/mol. The van der Waals surface area contributed by atoms with Gasteiger partial charge in [0, 0.05) is 30.4 Å². The lowest BCUT2D eigenvalue weighted by molar-refractivity contribution is 0.112. The van der Waals surface area contributed by atoms with Gasteiger partial charge in [-0.25, -0.2) is 15.0 Å². The van der Waals surface area contributed by atoms with Gasteiger partial charge in [-0.05, 0) is 36.8 Å². The first-order valence-corrected chi connectivity index (χ1v) is 10.6. The fourth-order valence-corrected chi connectivity index (χ4v) is 3.93. The first-order valence-electron chi connectivity index (χ1n) is 9.87. The predicted molar refractivity (Wildman–Crippen MR) is 119 cm³/mol. The molecule has 3 heterocycles. The molecule has 1 saturated heterocycles. The number of hydrogen-bond acceptors (Lipinski definition) is 7. The maximum absolute atomic E-state index is 11.8. The Kier molecular flexibility index (Phi) is 6.53. The number of ether oxygens (including phenoxy) is 2. The molecule has 0 unspecified atom stereocenters. The molecule has 9 heteroatoms. The molecule has 0 aliphatic carbocycles. The number of aldehydes is 1. The van der Waals surface area contributed by atoms with Crippen molar-refractivity contribution in [2.45, 2.75) is 25.9 Å². The highest BCUT2D eigenvalue weighted by Crippen LogP contribution is 2.32. The Balaban J connectivity index is 1.50. The molecule has 0 bridgehead atoms. The molecule has 7 nitrogen and oxygen atoms in total. The second-order valence-corrected chi connectivity index (χ2v) is 7.77. The van der Waals surface area contributed by atoms with Crippen LogP contribution in [0.25, 0.3) is 0 Å². The second-order valence-electron chi connectivity index (χ2n) is 7.01. The van der Waals surface area contributed by atoms with Crippen molar-refractivity contribution in [2.75, 3.05) is 18.0 Å².